The largest absolute Gasteiger partial charge is 0.478 e. The lowest BCUT2D eigenvalue weighted by molar-refractivity contribution is -0.152. The van der Waals surface area contributed by atoms with Gasteiger partial charge in [0.1, 0.15) is 5.75 Å². The van der Waals surface area contributed by atoms with Crippen molar-refractivity contribution in [3.05, 3.63) is 65.2 Å². The van der Waals surface area contributed by atoms with E-state index in [0.29, 0.717) is 16.9 Å². The number of carboxylic acids is 1. The van der Waals surface area contributed by atoms with Crippen LogP contribution in [-0.4, -0.2) is 29.4 Å². The molecule has 9 heteroatoms. The van der Waals surface area contributed by atoms with Crippen molar-refractivity contribution in [3.8, 4) is 5.75 Å². The molecule has 2 aromatic carbocycles. The Kier molecular flexibility index (Phi) is 7.31. The molecular formula is C21H22F3NO5. The summed E-state index contributed by atoms with van der Waals surface area (Å²) in [6, 6.07) is 11.4. The third-order valence-corrected chi connectivity index (χ3v) is 4.10. The summed E-state index contributed by atoms with van der Waals surface area (Å²) in [4.78, 5) is 23.0. The van der Waals surface area contributed by atoms with Gasteiger partial charge in [-0.25, -0.2) is 9.59 Å². The van der Waals surface area contributed by atoms with E-state index in [1.165, 1.54) is 26.0 Å². The quantitative estimate of drug-likeness (QED) is 0.654. The predicted octanol–water partition coefficient (Wildman–Crippen LogP) is 4.42. The van der Waals surface area contributed by atoms with Crippen LogP contribution in [-0.2, 0) is 28.7 Å². The van der Waals surface area contributed by atoms with Gasteiger partial charge in [0.25, 0.3) is 0 Å². The molecule has 0 spiro atoms. The second-order valence-corrected chi connectivity index (χ2v) is 7.00. The first-order valence-electron chi connectivity index (χ1n) is 9.05. The second kappa shape index (κ2) is 9.51. The van der Waals surface area contributed by atoms with Crippen LogP contribution in [0.4, 0.5) is 18.0 Å². The van der Waals surface area contributed by atoms with E-state index in [9.17, 15) is 22.8 Å². The molecular weight excluding hydrogens is 403 g/mol. The second-order valence-electron chi connectivity index (χ2n) is 7.00. The van der Waals surface area contributed by atoms with Crippen LogP contribution in [0.3, 0.4) is 0 Å². The van der Waals surface area contributed by atoms with Crippen LogP contribution < -0.4 is 10.1 Å². The maximum absolute atomic E-state index is 12.7. The minimum atomic E-state index is -4.42. The molecule has 0 aliphatic heterocycles. The number of carboxylic acid groups (broad SMARTS) is 1. The Morgan fingerprint density at radius 2 is 1.70 bits per heavy atom. The Labute approximate surface area is 171 Å². The molecule has 0 saturated carbocycles. The van der Waals surface area contributed by atoms with Gasteiger partial charge in [0.15, 0.2) is 5.60 Å². The van der Waals surface area contributed by atoms with Gasteiger partial charge >= 0.3 is 18.2 Å². The number of hydrogen-bond donors (Lipinski definition) is 2. The van der Waals surface area contributed by atoms with Crippen molar-refractivity contribution < 1.29 is 37.3 Å². The van der Waals surface area contributed by atoms with E-state index in [0.717, 1.165) is 12.1 Å². The molecule has 2 aromatic rings. The minimum absolute atomic E-state index is 0.0803. The Bertz CT molecular complexity index is 896. The number of carbonyl (C=O) groups excluding carboxylic acids is 1. The van der Waals surface area contributed by atoms with Crippen molar-refractivity contribution in [2.24, 2.45) is 0 Å². The molecule has 0 radical (unpaired) electrons. The number of nitrogens with one attached hydrogen (secondary N) is 1. The molecule has 0 fully saturated rings. The van der Waals surface area contributed by atoms with Gasteiger partial charge in [-0.05, 0) is 43.2 Å². The van der Waals surface area contributed by atoms with Crippen LogP contribution in [0.15, 0.2) is 48.5 Å². The fraction of sp³-hybridized carbons (Fsp3) is 0.333. The molecule has 1 amide bonds. The third-order valence-electron chi connectivity index (χ3n) is 4.10. The summed E-state index contributed by atoms with van der Waals surface area (Å²) in [5.74, 6) is -0.782. The lowest BCUT2D eigenvalue weighted by Gasteiger charge is -2.21. The van der Waals surface area contributed by atoms with E-state index >= 15 is 0 Å². The molecule has 30 heavy (non-hydrogen) atoms. The van der Waals surface area contributed by atoms with Crippen molar-refractivity contribution in [3.63, 3.8) is 0 Å². The van der Waals surface area contributed by atoms with Crippen LogP contribution in [0.1, 0.15) is 30.5 Å². The Morgan fingerprint density at radius 3 is 2.37 bits per heavy atom. The van der Waals surface area contributed by atoms with E-state index in [1.807, 2.05) is 0 Å². The van der Waals surface area contributed by atoms with Gasteiger partial charge in [0, 0.05) is 13.0 Å². The summed E-state index contributed by atoms with van der Waals surface area (Å²) in [6.07, 6.45) is -5.00. The van der Waals surface area contributed by atoms with Crippen LogP contribution >= 0.6 is 0 Å². The lowest BCUT2D eigenvalue weighted by atomic mass is 10.1. The number of carbonyl (C=O) groups is 2. The molecule has 0 unspecified atom stereocenters. The highest BCUT2D eigenvalue weighted by Crippen LogP contribution is 2.29. The van der Waals surface area contributed by atoms with Crippen LogP contribution in [0, 0.1) is 0 Å². The van der Waals surface area contributed by atoms with E-state index in [2.05, 4.69) is 5.32 Å². The number of ether oxygens (including phenoxy) is 2. The number of alkyl carbamates (subject to hydrolysis) is 1. The summed E-state index contributed by atoms with van der Waals surface area (Å²) in [6.45, 7) is 2.86. The Morgan fingerprint density at radius 1 is 1.03 bits per heavy atom. The zero-order valence-corrected chi connectivity index (χ0v) is 16.5. The maximum Gasteiger partial charge on any atom is 0.416 e. The topological polar surface area (TPSA) is 84.9 Å². The molecule has 0 saturated heterocycles. The molecule has 0 aliphatic carbocycles. The Hall–Kier alpha value is -3.23. The summed E-state index contributed by atoms with van der Waals surface area (Å²) >= 11 is 0. The monoisotopic (exact) mass is 425 g/mol. The number of hydrogen-bond acceptors (Lipinski definition) is 4. The highest BCUT2D eigenvalue weighted by molar-refractivity contribution is 5.76. The van der Waals surface area contributed by atoms with E-state index in [-0.39, 0.29) is 19.6 Å². The SMILES string of the molecule is CC(C)(Oc1cccc(CNC(=O)OCCc2cccc(C(F)(F)F)c2)c1)C(=O)O. The van der Waals surface area contributed by atoms with Gasteiger partial charge in [-0.15, -0.1) is 0 Å². The number of amides is 1. The summed E-state index contributed by atoms with van der Waals surface area (Å²) in [5.41, 5.74) is -1.10. The van der Waals surface area contributed by atoms with Gasteiger partial charge in [0.2, 0.25) is 0 Å². The summed E-state index contributed by atoms with van der Waals surface area (Å²) < 4.78 is 48.5. The zero-order chi connectivity index (χ0) is 22.4. The number of halogens is 3. The van der Waals surface area contributed by atoms with Crippen molar-refractivity contribution in [2.75, 3.05) is 6.61 Å². The van der Waals surface area contributed by atoms with Gasteiger partial charge in [-0.2, -0.15) is 13.2 Å². The minimum Gasteiger partial charge on any atom is -0.478 e. The highest BCUT2D eigenvalue weighted by atomic mass is 19.4. The smallest absolute Gasteiger partial charge is 0.416 e. The molecule has 0 aromatic heterocycles. The molecule has 2 N–H and O–H groups in total. The third kappa shape index (κ3) is 6.98. The summed E-state index contributed by atoms with van der Waals surface area (Å²) in [7, 11) is 0. The number of aliphatic carboxylic acids is 1. The van der Waals surface area contributed by atoms with E-state index in [1.54, 1.807) is 24.3 Å². The van der Waals surface area contributed by atoms with Gasteiger partial charge in [-0.1, -0.05) is 30.3 Å². The van der Waals surface area contributed by atoms with Crippen molar-refractivity contribution in [1.29, 1.82) is 0 Å². The molecule has 0 heterocycles. The van der Waals surface area contributed by atoms with Crippen molar-refractivity contribution >= 4 is 12.1 Å². The van der Waals surface area contributed by atoms with E-state index < -0.39 is 29.4 Å². The first kappa shape index (κ1) is 23.1. The molecule has 0 atom stereocenters. The molecule has 6 nitrogen and oxygen atoms in total. The van der Waals surface area contributed by atoms with Gasteiger partial charge in [-0.3, -0.25) is 0 Å². The first-order valence-corrected chi connectivity index (χ1v) is 9.05. The maximum atomic E-state index is 12.7. The summed E-state index contributed by atoms with van der Waals surface area (Å²) in [5, 5.41) is 11.6. The van der Waals surface area contributed by atoms with Crippen molar-refractivity contribution in [2.45, 2.75) is 38.6 Å². The normalized spacial score (nSPS) is 11.6. The lowest BCUT2D eigenvalue weighted by Crippen LogP contribution is -2.37. The predicted molar refractivity (Wildman–Crippen MR) is 102 cm³/mol. The standard InChI is InChI=1S/C21H22F3NO5/c1-20(2,18(26)27)30-17-8-4-6-15(12-17)13-25-19(28)29-10-9-14-5-3-7-16(11-14)21(22,23)24/h3-8,11-12H,9-10,13H2,1-2H3,(H,25,28)(H,26,27). The molecule has 0 bridgehead atoms. The van der Waals surface area contributed by atoms with Crippen LogP contribution in [0.2, 0.25) is 0 Å². The number of alkyl halides is 3. The zero-order valence-electron chi connectivity index (χ0n) is 16.5. The molecule has 2 rings (SSSR count). The van der Waals surface area contributed by atoms with Crippen LogP contribution in [0.5, 0.6) is 5.75 Å². The van der Waals surface area contributed by atoms with Gasteiger partial charge in [0.05, 0.1) is 12.2 Å². The average molecular weight is 425 g/mol. The van der Waals surface area contributed by atoms with Crippen LogP contribution in [0.25, 0.3) is 0 Å². The first-order chi connectivity index (χ1) is 14.0. The van der Waals surface area contributed by atoms with Crippen molar-refractivity contribution in [1.82, 2.24) is 5.32 Å². The van der Waals surface area contributed by atoms with Gasteiger partial charge < -0.3 is 19.9 Å². The fourth-order valence-corrected chi connectivity index (χ4v) is 2.45. The van der Waals surface area contributed by atoms with E-state index in [4.69, 9.17) is 14.6 Å². The average Bonchev–Trinajstić information content (AvgIpc) is 2.66. The molecule has 0 aliphatic rings. The highest BCUT2D eigenvalue weighted by Gasteiger charge is 2.30. The number of rotatable bonds is 8. The Balaban J connectivity index is 1.81. The number of benzene rings is 2. The fourth-order valence-electron chi connectivity index (χ4n) is 2.45. The molecule has 162 valence electrons.